The Kier molecular flexibility index (Phi) is 38.7. The minimum atomic E-state index is -4.44. The van der Waals surface area contributed by atoms with Crippen LogP contribution in [0.25, 0.3) is 0 Å². The molecule has 129 heavy (non-hydrogen) atoms. The van der Waals surface area contributed by atoms with E-state index in [1.807, 2.05) is 147 Å². The average Bonchev–Trinajstić information content (AvgIpc) is 0.745. The Morgan fingerprint density at radius 3 is 0.783 bits per heavy atom. The van der Waals surface area contributed by atoms with E-state index >= 15 is 0 Å². The van der Waals surface area contributed by atoms with Crippen molar-refractivity contribution in [1.82, 2.24) is 0 Å². The zero-order valence-corrected chi connectivity index (χ0v) is 85.0. The van der Waals surface area contributed by atoms with Gasteiger partial charge in [0.25, 0.3) is 40.5 Å². The maximum atomic E-state index is 12.7. The van der Waals surface area contributed by atoms with E-state index < -0.39 is 72.2 Å². The molecule has 12 rings (SSSR count). The molecule has 0 spiro atoms. The molecule has 0 amide bonds. The van der Waals surface area contributed by atoms with E-state index in [2.05, 4.69) is 176 Å². The van der Waals surface area contributed by atoms with E-state index in [0.717, 1.165) is 66.9 Å². The minimum absolute atomic E-state index is 0.00572. The largest absolute Gasteiger partial charge is 0.496 e. The zero-order valence-electron chi connectivity index (χ0n) is 78.2. The second kappa shape index (κ2) is 47.8. The van der Waals surface area contributed by atoms with Crippen molar-refractivity contribution < 1.29 is 61.4 Å². The van der Waals surface area contributed by atoms with Crippen LogP contribution in [0.4, 0.5) is 0 Å². The van der Waals surface area contributed by atoms with Gasteiger partial charge >= 0.3 is 0 Å². The molecule has 2 unspecified atom stereocenters. The lowest BCUT2D eigenvalue weighted by molar-refractivity contribution is 0.418. The van der Waals surface area contributed by atoms with Gasteiger partial charge in [-0.3, -0.25) is 18.2 Å². The Bertz CT molecular complexity index is 6150. The number of unbranched alkanes of at least 4 members (excludes halogenated alkanes) is 6. The molecule has 0 saturated carbocycles. The predicted molar refractivity (Wildman–Crippen MR) is 547 cm³/mol. The molecule has 4 N–H and O–H groups in total. The smallest absolute Gasteiger partial charge is 0.295 e. The van der Waals surface area contributed by atoms with Crippen molar-refractivity contribution >= 4 is 136 Å². The van der Waals surface area contributed by atoms with Crippen LogP contribution in [0.15, 0.2) is 280 Å². The minimum Gasteiger partial charge on any atom is -0.496 e. The van der Waals surface area contributed by atoms with Gasteiger partial charge in [0.05, 0.1) is 14.2 Å². The quantitative estimate of drug-likeness (QED) is 0.0167. The van der Waals surface area contributed by atoms with Crippen LogP contribution in [0, 0.1) is 20.8 Å². The van der Waals surface area contributed by atoms with Crippen LogP contribution in [0.2, 0.25) is 0 Å². The summed E-state index contributed by atoms with van der Waals surface area (Å²) in [6.45, 7) is 36.1. The topological polar surface area (TPSA) is 236 Å². The average molecular weight is 1890 g/mol. The lowest BCUT2D eigenvalue weighted by Gasteiger charge is -2.28. The Morgan fingerprint density at radius 1 is 0.264 bits per heavy atom. The van der Waals surface area contributed by atoms with E-state index in [-0.39, 0.29) is 43.3 Å². The SMILES string of the molecule is CC(C)c1ccccc1P(c1ccccc1C(C)C)c1ccccc1S(=O)(=O)O.CCCCCCc1ccc(P(c2ccc(CCCCCC)cc2C(C)C)c2ccccc2S(=O)(=O)O)c(C(C)C)c1.COc1ccccc1P(c1ccccc1C(C)C)c1cc(C)c(C)c(C)c1S(=O)(=O)O.COc1ccccc1P(c1ccccc1C(C)C)c1ccccc1S(=O)(=O)O. The first kappa shape index (κ1) is 104. The van der Waals surface area contributed by atoms with Gasteiger partial charge in [0, 0.05) is 31.8 Å². The predicted octanol–water partition coefficient (Wildman–Crippen LogP) is 22.7. The Balaban J connectivity index is 0.000000196. The molecule has 0 radical (unpaired) electrons. The molecule has 0 saturated heterocycles. The molecule has 0 aliphatic heterocycles. The first-order valence-corrected chi connectivity index (χ1v) is 55.7. The molecule has 0 bridgehead atoms. The molecule has 0 aromatic heterocycles. The molecular formula is C107H130O14P4S4. The summed E-state index contributed by atoms with van der Waals surface area (Å²) in [7, 11) is -19.3. The monoisotopic (exact) mass is 1890 g/mol. The lowest BCUT2D eigenvalue weighted by Crippen LogP contribution is -2.29. The number of aryl methyl sites for hydroxylation is 3. The van der Waals surface area contributed by atoms with Crippen LogP contribution < -0.4 is 73.1 Å². The summed E-state index contributed by atoms with van der Waals surface area (Å²) in [6, 6.07) is 84.2. The molecule has 2 atom stereocenters. The van der Waals surface area contributed by atoms with Crippen molar-refractivity contribution in [3.05, 3.63) is 322 Å². The fraction of sp³-hybridized carbons (Fsp3) is 0.327. The highest BCUT2D eigenvalue weighted by molar-refractivity contribution is 7.89. The first-order chi connectivity index (χ1) is 61.2. The van der Waals surface area contributed by atoms with E-state index in [1.54, 1.807) is 57.5 Å². The third kappa shape index (κ3) is 26.8. The van der Waals surface area contributed by atoms with Gasteiger partial charge in [-0.15, -0.1) is 0 Å². The fourth-order valence-corrected chi connectivity index (χ4v) is 33.0. The van der Waals surface area contributed by atoms with E-state index in [0.29, 0.717) is 50.1 Å². The second-order valence-electron chi connectivity index (χ2n) is 34.4. The highest BCUT2D eigenvalue weighted by Crippen LogP contribution is 2.47. The molecule has 686 valence electrons. The molecule has 12 aromatic carbocycles. The summed E-state index contributed by atoms with van der Waals surface area (Å²) in [5.41, 5.74) is 12.4. The van der Waals surface area contributed by atoms with Gasteiger partial charge in [-0.2, -0.15) is 33.7 Å². The molecule has 14 nitrogen and oxygen atoms in total. The molecule has 0 heterocycles. The van der Waals surface area contributed by atoms with Gasteiger partial charge in [-0.05, 0) is 243 Å². The summed E-state index contributed by atoms with van der Waals surface area (Å²) in [6.07, 6.45) is 11.9. The van der Waals surface area contributed by atoms with Gasteiger partial charge in [-0.25, -0.2) is 0 Å². The van der Waals surface area contributed by atoms with Crippen LogP contribution in [-0.2, 0) is 53.3 Å². The van der Waals surface area contributed by atoms with E-state index in [4.69, 9.17) is 9.47 Å². The summed E-state index contributed by atoms with van der Waals surface area (Å²) >= 11 is 0. The molecule has 12 aromatic rings. The molecular weight excluding hydrogens is 1760 g/mol. The van der Waals surface area contributed by atoms with Crippen LogP contribution >= 0.6 is 31.7 Å². The number of hydrogen-bond donors (Lipinski definition) is 4. The molecule has 0 fully saturated rings. The summed E-state index contributed by atoms with van der Waals surface area (Å²) in [5.74, 6) is 3.04. The maximum Gasteiger partial charge on any atom is 0.295 e. The highest BCUT2D eigenvalue weighted by Gasteiger charge is 2.36. The third-order valence-corrected chi connectivity index (χ3v) is 38.0. The van der Waals surface area contributed by atoms with Crippen LogP contribution in [0.5, 0.6) is 11.5 Å². The van der Waals surface area contributed by atoms with Crippen molar-refractivity contribution in [2.45, 2.75) is 237 Å². The zero-order chi connectivity index (χ0) is 94.4. The van der Waals surface area contributed by atoms with Crippen molar-refractivity contribution in [2.24, 2.45) is 0 Å². The van der Waals surface area contributed by atoms with Gasteiger partial charge in [0.1, 0.15) is 31.1 Å². The van der Waals surface area contributed by atoms with Crippen molar-refractivity contribution in [3.8, 4) is 11.5 Å². The second-order valence-corrected chi connectivity index (χ2v) is 48.3. The number of para-hydroxylation sites is 2. The highest BCUT2D eigenvalue weighted by atomic mass is 32.2. The number of hydrogen-bond acceptors (Lipinski definition) is 10. The van der Waals surface area contributed by atoms with E-state index in [1.165, 1.54) is 107 Å². The van der Waals surface area contributed by atoms with Crippen LogP contribution in [0.1, 0.15) is 245 Å². The Hall–Kier alpha value is -8.40. The number of methoxy groups -OCH3 is 2. The lowest BCUT2D eigenvalue weighted by atomic mass is 9.98. The summed E-state index contributed by atoms with van der Waals surface area (Å²) in [4.78, 5) is -0.0530. The van der Waals surface area contributed by atoms with E-state index in [9.17, 15) is 51.9 Å². The third-order valence-electron chi connectivity index (χ3n) is 23.1. The standard InChI is InChI=1S/C36H51O3PS.C25H29O4PS.C24H27O3PS.C22H23O4PS/c1-7-9-11-13-17-29-21-23-33(31(25-29)27(3)4)40(35-19-15-16-20-36(35)41(37,38)39)34-24-22-30(18-14-12-10-8-2)26-32(34)28(5)6;1-16(2)20-11-7-9-13-22(20)30(23-14-10-8-12-21(23)29-6)24-15-17(3)18(4)19(5)25(24)31(26,27)28;1-17(2)19-11-5-7-13-21(19)28(22-14-8-6-12-20(22)18(3)4)23-15-9-10-16-24(23)29(25,26)27;1-16(2)17-10-4-6-12-19(17)27(20-13-7-5-11-18(20)26-3)21-14-8-9-15-22(21)28(23,24)25/h15-16,19-28H,7-14,17-18H2,1-6H3,(H,37,38,39);7-16H,1-6H3,(H,26,27,28);5-18H,1-4H3,(H,25,26,27);4-16H,1-3H3,(H,23,24,25). The van der Waals surface area contributed by atoms with Gasteiger partial charge < -0.3 is 9.47 Å². The van der Waals surface area contributed by atoms with Crippen LogP contribution in [-0.4, -0.2) is 66.1 Å². The molecule has 0 aliphatic carbocycles. The van der Waals surface area contributed by atoms with Gasteiger partial charge in [0.15, 0.2) is 0 Å². The number of rotatable bonds is 34. The van der Waals surface area contributed by atoms with Gasteiger partial charge in [-0.1, -0.05) is 360 Å². The normalized spacial score (nSPS) is 12.4. The molecule has 22 heteroatoms. The Labute approximate surface area is 776 Å². The van der Waals surface area contributed by atoms with Crippen molar-refractivity contribution in [3.63, 3.8) is 0 Å². The van der Waals surface area contributed by atoms with Crippen molar-refractivity contribution in [2.75, 3.05) is 14.2 Å². The van der Waals surface area contributed by atoms with Crippen LogP contribution in [0.3, 0.4) is 0 Å². The summed E-state index contributed by atoms with van der Waals surface area (Å²) < 4.78 is 151. The fourth-order valence-electron chi connectivity index (χ4n) is 16.4. The number of benzene rings is 12. The molecule has 0 aliphatic rings. The number of ether oxygens (including phenoxy) is 2. The Morgan fingerprint density at radius 2 is 0.512 bits per heavy atom. The van der Waals surface area contributed by atoms with Gasteiger partial charge in [0.2, 0.25) is 0 Å². The first-order valence-electron chi connectivity index (χ1n) is 44.6. The maximum absolute atomic E-state index is 12.7. The van der Waals surface area contributed by atoms with Crippen molar-refractivity contribution in [1.29, 1.82) is 0 Å². The summed E-state index contributed by atoms with van der Waals surface area (Å²) in [5, 5.41) is 11.1.